The zero-order valence-corrected chi connectivity index (χ0v) is 20.1. The van der Waals surface area contributed by atoms with E-state index in [1.54, 1.807) is 32.0 Å². The van der Waals surface area contributed by atoms with E-state index >= 15 is 0 Å². The van der Waals surface area contributed by atoms with Gasteiger partial charge in [0.25, 0.3) is 5.91 Å². The molecule has 0 aliphatic carbocycles. The molecule has 9 heteroatoms. The third-order valence-corrected chi connectivity index (χ3v) is 6.26. The Bertz CT molecular complexity index is 1320. The van der Waals surface area contributed by atoms with Crippen molar-refractivity contribution in [3.63, 3.8) is 0 Å². The van der Waals surface area contributed by atoms with Crippen molar-refractivity contribution in [1.29, 1.82) is 0 Å². The van der Waals surface area contributed by atoms with Crippen molar-refractivity contribution in [2.24, 2.45) is 0 Å². The van der Waals surface area contributed by atoms with E-state index in [0.717, 1.165) is 11.1 Å². The van der Waals surface area contributed by atoms with E-state index in [0.29, 0.717) is 17.0 Å². The van der Waals surface area contributed by atoms with Gasteiger partial charge in [-0.3, -0.25) is 4.79 Å². The summed E-state index contributed by atoms with van der Waals surface area (Å²) in [6, 6.07) is 15.8. The molecule has 3 aromatic carbocycles. The van der Waals surface area contributed by atoms with Crippen molar-refractivity contribution >= 4 is 27.7 Å². The van der Waals surface area contributed by atoms with Gasteiger partial charge in [0.1, 0.15) is 16.4 Å². The molecule has 0 aromatic heterocycles. The molecule has 1 N–H and O–H groups in total. The largest absolute Gasteiger partial charge is 0.495 e. The van der Waals surface area contributed by atoms with Gasteiger partial charge in [-0.2, -0.15) is 8.42 Å². The minimum Gasteiger partial charge on any atom is -0.495 e. The van der Waals surface area contributed by atoms with Crippen LogP contribution in [0.5, 0.6) is 11.5 Å². The van der Waals surface area contributed by atoms with Crippen LogP contribution in [-0.2, 0) is 19.6 Å². The summed E-state index contributed by atoms with van der Waals surface area (Å²) in [5, 5.41) is 2.64. The van der Waals surface area contributed by atoms with Crippen molar-refractivity contribution in [1.82, 2.24) is 0 Å². The van der Waals surface area contributed by atoms with Crippen molar-refractivity contribution in [2.45, 2.75) is 25.7 Å². The molecule has 178 valence electrons. The Balaban J connectivity index is 1.60. The summed E-state index contributed by atoms with van der Waals surface area (Å²) in [6.07, 6.45) is 0. The summed E-state index contributed by atoms with van der Waals surface area (Å²) in [5.74, 6) is -0.745. The van der Waals surface area contributed by atoms with E-state index in [-0.39, 0.29) is 16.2 Å². The Kier molecular flexibility index (Phi) is 7.57. The number of carbonyl (C=O) groups is 2. The fourth-order valence-corrected chi connectivity index (χ4v) is 4.36. The third kappa shape index (κ3) is 6.14. The van der Waals surface area contributed by atoms with E-state index in [9.17, 15) is 18.0 Å². The molecule has 0 saturated heterocycles. The van der Waals surface area contributed by atoms with Crippen LogP contribution in [0.25, 0.3) is 0 Å². The average Bonchev–Trinajstić information content (AvgIpc) is 2.79. The number of nitrogens with one attached hydrogen (secondary N) is 1. The van der Waals surface area contributed by atoms with Gasteiger partial charge in [0, 0.05) is 0 Å². The highest BCUT2D eigenvalue weighted by Crippen LogP contribution is 2.25. The van der Waals surface area contributed by atoms with Crippen LogP contribution < -0.4 is 14.2 Å². The van der Waals surface area contributed by atoms with E-state index in [4.69, 9.17) is 13.7 Å². The van der Waals surface area contributed by atoms with Gasteiger partial charge >= 0.3 is 16.1 Å². The number of rotatable bonds is 8. The molecule has 3 rings (SSSR count). The van der Waals surface area contributed by atoms with E-state index < -0.39 is 28.6 Å². The van der Waals surface area contributed by atoms with E-state index in [1.807, 2.05) is 19.1 Å². The lowest BCUT2D eigenvalue weighted by Gasteiger charge is -2.12. The molecule has 0 unspecified atom stereocenters. The van der Waals surface area contributed by atoms with E-state index in [2.05, 4.69) is 5.32 Å². The van der Waals surface area contributed by atoms with Gasteiger partial charge in [-0.15, -0.1) is 0 Å². The van der Waals surface area contributed by atoms with Crippen LogP contribution >= 0.6 is 0 Å². The molecular formula is C25H25NO7S. The molecule has 1 amide bonds. The van der Waals surface area contributed by atoms with E-state index in [1.165, 1.54) is 37.4 Å². The first-order valence-electron chi connectivity index (χ1n) is 10.3. The lowest BCUT2D eigenvalue weighted by molar-refractivity contribution is -0.119. The first-order chi connectivity index (χ1) is 16.1. The second-order valence-corrected chi connectivity index (χ2v) is 9.17. The van der Waals surface area contributed by atoms with Crippen molar-refractivity contribution in [3.05, 3.63) is 82.9 Å². The van der Waals surface area contributed by atoms with Gasteiger partial charge in [0.05, 0.1) is 18.4 Å². The lowest BCUT2D eigenvalue weighted by atomic mass is 10.2. The first kappa shape index (κ1) is 24.8. The maximum absolute atomic E-state index is 12.6. The normalized spacial score (nSPS) is 10.9. The minimum absolute atomic E-state index is 0.0433. The van der Waals surface area contributed by atoms with Gasteiger partial charge in [-0.1, -0.05) is 18.2 Å². The smallest absolute Gasteiger partial charge is 0.339 e. The molecule has 0 saturated carbocycles. The summed E-state index contributed by atoms with van der Waals surface area (Å²) in [4.78, 5) is 24.6. The van der Waals surface area contributed by atoms with Crippen LogP contribution in [0.4, 0.5) is 5.69 Å². The molecule has 0 atom stereocenters. The summed E-state index contributed by atoms with van der Waals surface area (Å²) in [6.45, 7) is 4.83. The summed E-state index contributed by atoms with van der Waals surface area (Å²) in [5.41, 5.74) is 2.88. The zero-order chi connectivity index (χ0) is 24.9. The first-order valence-corrected chi connectivity index (χ1v) is 11.7. The van der Waals surface area contributed by atoms with Gasteiger partial charge in [-0.05, 0) is 79.9 Å². The summed E-state index contributed by atoms with van der Waals surface area (Å²) >= 11 is 0. The van der Waals surface area contributed by atoms with Crippen LogP contribution in [-0.4, -0.2) is 34.0 Å². The zero-order valence-electron chi connectivity index (χ0n) is 19.2. The number of ether oxygens (including phenoxy) is 2. The number of anilines is 1. The predicted molar refractivity (Wildman–Crippen MR) is 127 cm³/mol. The molecule has 34 heavy (non-hydrogen) atoms. The number of benzene rings is 3. The predicted octanol–water partition coefficient (Wildman–Crippen LogP) is 4.18. The van der Waals surface area contributed by atoms with Crippen LogP contribution in [0.3, 0.4) is 0 Å². The molecule has 3 aromatic rings. The number of aryl methyl sites for hydroxylation is 3. The molecule has 0 spiro atoms. The number of esters is 1. The Labute approximate surface area is 198 Å². The average molecular weight is 484 g/mol. The molecule has 8 nitrogen and oxygen atoms in total. The maximum atomic E-state index is 12.6. The van der Waals surface area contributed by atoms with Gasteiger partial charge in [0.15, 0.2) is 6.61 Å². The monoisotopic (exact) mass is 483 g/mol. The number of hydrogen-bond acceptors (Lipinski definition) is 7. The fraction of sp³-hybridized carbons (Fsp3) is 0.200. The highest BCUT2D eigenvalue weighted by Gasteiger charge is 2.20. The second-order valence-electron chi connectivity index (χ2n) is 7.66. The highest BCUT2D eigenvalue weighted by molar-refractivity contribution is 7.87. The SMILES string of the molecule is COc1ccc(C)cc1NC(=O)COC(=O)c1ccc(OS(=O)(=O)c2cc(C)ccc2C)cc1. The summed E-state index contributed by atoms with van der Waals surface area (Å²) < 4.78 is 40.7. The van der Waals surface area contributed by atoms with Gasteiger partial charge < -0.3 is 19.0 Å². The number of carbonyl (C=O) groups excluding carboxylic acids is 2. The quantitative estimate of drug-likeness (QED) is 0.378. The van der Waals surface area contributed by atoms with Crippen LogP contribution in [0, 0.1) is 20.8 Å². The number of hydrogen-bond donors (Lipinski definition) is 1. The Morgan fingerprint density at radius 2 is 1.53 bits per heavy atom. The molecule has 0 bridgehead atoms. The van der Waals surface area contributed by atoms with Gasteiger partial charge in [0.2, 0.25) is 0 Å². The maximum Gasteiger partial charge on any atom is 0.339 e. The minimum atomic E-state index is -4.04. The molecule has 0 aliphatic heterocycles. The standard InChI is InChI=1S/C25H25NO7S/c1-16-6-12-22(31-4)21(13-16)26-24(27)15-32-25(28)19-8-10-20(11-9-19)33-34(29,30)23-14-17(2)5-7-18(23)3/h5-14H,15H2,1-4H3,(H,26,27). The Hall–Kier alpha value is -3.85. The van der Waals surface area contributed by atoms with Gasteiger partial charge in [-0.25, -0.2) is 4.79 Å². The molecule has 0 fully saturated rings. The third-order valence-electron chi connectivity index (χ3n) is 4.87. The Morgan fingerprint density at radius 3 is 2.21 bits per heavy atom. The molecule has 0 radical (unpaired) electrons. The second kappa shape index (κ2) is 10.4. The molecule has 0 aliphatic rings. The summed E-state index contributed by atoms with van der Waals surface area (Å²) in [7, 11) is -2.55. The number of amides is 1. The van der Waals surface area contributed by atoms with Crippen LogP contribution in [0.1, 0.15) is 27.0 Å². The fourth-order valence-electron chi connectivity index (χ4n) is 3.12. The molecular weight excluding hydrogens is 458 g/mol. The highest BCUT2D eigenvalue weighted by atomic mass is 32.2. The topological polar surface area (TPSA) is 108 Å². The van der Waals surface area contributed by atoms with Crippen molar-refractivity contribution in [2.75, 3.05) is 19.0 Å². The Morgan fingerprint density at radius 1 is 0.882 bits per heavy atom. The molecule has 0 heterocycles. The number of methoxy groups -OCH3 is 1. The van der Waals surface area contributed by atoms with Crippen LogP contribution in [0.2, 0.25) is 0 Å². The van der Waals surface area contributed by atoms with Crippen molar-refractivity contribution < 1.29 is 31.7 Å². The van der Waals surface area contributed by atoms with Crippen LogP contribution in [0.15, 0.2) is 65.6 Å². The lowest BCUT2D eigenvalue weighted by Crippen LogP contribution is -2.21. The van der Waals surface area contributed by atoms with Crippen molar-refractivity contribution in [3.8, 4) is 11.5 Å².